The monoisotopic (exact) mass is 294 g/mol. The lowest BCUT2D eigenvalue weighted by atomic mass is 10.2. The number of amides is 1. The summed E-state index contributed by atoms with van der Waals surface area (Å²) in [4.78, 5) is 11.6. The van der Waals surface area contributed by atoms with Gasteiger partial charge in [0.05, 0.1) is 11.4 Å². The lowest BCUT2D eigenvalue weighted by molar-refractivity contribution is -0.116. The quantitative estimate of drug-likeness (QED) is 0.885. The first-order valence-electron chi connectivity index (χ1n) is 6.29. The first-order chi connectivity index (χ1) is 10.1. The highest BCUT2D eigenvalue weighted by Gasteiger charge is 2.07. The van der Waals surface area contributed by atoms with Gasteiger partial charge in [-0.15, -0.1) is 0 Å². The zero-order chi connectivity index (χ0) is 15.2. The fraction of sp³-hybridized carbons (Fsp3) is 0.133. The molecule has 3 nitrogen and oxygen atoms in total. The Morgan fingerprint density at radius 1 is 0.952 bits per heavy atom. The highest BCUT2D eigenvalue weighted by molar-refractivity contribution is 5.91. The van der Waals surface area contributed by atoms with E-state index in [9.17, 15) is 18.0 Å². The molecule has 2 rings (SSSR count). The first-order valence-corrected chi connectivity index (χ1v) is 6.29. The Morgan fingerprint density at radius 2 is 1.71 bits per heavy atom. The van der Waals surface area contributed by atoms with Crippen LogP contribution in [0.3, 0.4) is 0 Å². The van der Waals surface area contributed by atoms with Crippen LogP contribution in [0.5, 0.6) is 0 Å². The van der Waals surface area contributed by atoms with Gasteiger partial charge >= 0.3 is 0 Å². The van der Waals surface area contributed by atoms with E-state index in [2.05, 4.69) is 10.6 Å². The third-order valence-electron chi connectivity index (χ3n) is 2.75. The van der Waals surface area contributed by atoms with Crippen molar-refractivity contribution >= 4 is 17.3 Å². The second-order valence-corrected chi connectivity index (χ2v) is 4.33. The summed E-state index contributed by atoms with van der Waals surface area (Å²) in [7, 11) is 0. The van der Waals surface area contributed by atoms with E-state index in [0.29, 0.717) is 0 Å². The summed E-state index contributed by atoms with van der Waals surface area (Å²) in [5.41, 5.74) is 0.200. The predicted octanol–water partition coefficient (Wildman–Crippen LogP) is 3.54. The van der Waals surface area contributed by atoms with E-state index in [4.69, 9.17) is 0 Å². The van der Waals surface area contributed by atoms with Crippen molar-refractivity contribution in [3.8, 4) is 0 Å². The van der Waals surface area contributed by atoms with E-state index in [1.54, 1.807) is 6.07 Å². The topological polar surface area (TPSA) is 41.1 Å². The molecule has 110 valence electrons. The molecule has 0 aromatic heterocycles. The van der Waals surface area contributed by atoms with Gasteiger partial charge in [0.1, 0.15) is 17.5 Å². The summed E-state index contributed by atoms with van der Waals surface area (Å²) >= 11 is 0. The van der Waals surface area contributed by atoms with Crippen LogP contribution < -0.4 is 10.6 Å². The molecule has 0 fully saturated rings. The second kappa shape index (κ2) is 6.78. The molecule has 0 bridgehead atoms. The summed E-state index contributed by atoms with van der Waals surface area (Å²) < 4.78 is 39.3. The molecule has 2 aromatic carbocycles. The fourth-order valence-corrected chi connectivity index (χ4v) is 1.72. The number of halogens is 3. The van der Waals surface area contributed by atoms with Gasteiger partial charge in [-0.1, -0.05) is 12.1 Å². The standard InChI is InChI=1S/C15H13F3N2O/c16-10-5-6-13(12(18)9-10)19-8-7-15(21)20-14-4-2-1-3-11(14)17/h1-6,9,19H,7-8H2,(H,20,21). The second-order valence-electron chi connectivity index (χ2n) is 4.33. The Labute approximate surface area is 119 Å². The molecule has 0 aliphatic heterocycles. The Bertz CT molecular complexity index is 647. The van der Waals surface area contributed by atoms with Crippen molar-refractivity contribution < 1.29 is 18.0 Å². The van der Waals surface area contributed by atoms with Crippen LogP contribution in [0.2, 0.25) is 0 Å². The van der Waals surface area contributed by atoms with Crippen LogP contribution in [0.1, 0.15) is 6.42 Å². The highest BCUT2D eigenvalue weighted by atomic mass is 19.1. The summed E-state index contributed by atoms with van der Waals surface area (Å²) in [5, 5.41) is 5.09. The van der Waals surface area contributed by atoms with Crippen LogP contribution in [0.4, 0.5) is 24.5 Å². The molecule has 0 atom stereocenters. The molecular weight excluding hydrogens is 281 g/mol. The average molecular weight is 294 g/mol. The third-order valence-corrected chi connectivity index (χ3v) is 2.75. The molecule has 0 spiro atoms. The van der Waals surface area contributed by atoms with E-state index in [1.165, 1.54) is 24.3 Å². The smallest absolute Gasteiger partial charge is 0.226 e. The van der Waals surface area contributed by atoms with E-state index in [-0.39, 0.29) is 24.3 Å². The van der Waals surface area contributed by atoms with Crippen LogP contribution in [-0.4, -0.2) is 12.5 Å². The maximum Gasteiger partial charge on any atom is 0.226 e. The van der Waals surface area contributed by atoms with Gasteiger partial charge in [0, 0.05) is 19.0 Å². The molecule has 0 unspecified atom stereocenters. The maximum atomic E-state index is 13.3. The number of nitrogens with one attached hydrogen (secondary N) is 2. The Hall–Kier alpha value is -2.50. The molecule has 0 radical (unpaired) electrons. The normalized spacial score (nSPS) is 10.2. The van der Waals surface area contributed by atoms with E-state index in [1.807, 2.05) is 0 Å². The molecule has 1 amide bonds. The van der Waals surface area contributed by atoms with Crippen molar-refractivity contribution in [3.63, 3.8) is 0 Å². The van der Waals surface area contributed by atoms with Crippen molar-refractivity contribution in [1.29, 1.82) is 0 Å². The van der Waals surface area contributed by atoms with Crippen LogP contribution in [0.25, 0.3) is 0 Å². The number of anilines is 2. The van der Waals surface area contributed by atoms with Gasteiger partial charge < -0.3 is 10.6 Å². The van der Waals surface area contributed by atoms with E-state index >= 15 is 0 Å². The number of carbonyl (C=O) groups is 1. The number of benzene rings is 2. The molecule has 2 N–H and O–H groups in total. The van der Waals surface area contributed by atoms with Crippen molar-refractivity contribution in [2.24, 2.45) is 0 Å². The molecule has 0 saturated heterocycles. The highest BCUT2D eigenvalue weighted by Crippen LogP contribution is 2.15. The zero-order valence-electron chi connectivity index (χ0n) is 11.0. The Kier molecular flexibility index (Phi) is 4.81. The van der Waals surface area contributed by atoms with Crippen LogP contribution in [0, 0.1) is 17.5 Å². The van der Waals surface area contributed by atoms with Crippen molar-refractivity contribution in [1.82, 2.24) is 0 Å². The van der Waals surface area contributed by atoms with E-state index in [0.717, 1.165) is 12.1 Å². The minimum absolute atomic E-state index is 0.0190. The third kappa shape index (κ3) is 4.24. The number of para-hydroxylation sites is 1. The summed E-state index contributed by atoms with van der Waals surface area (Å²) in [6.45, 7) is 0.142. The van der Waals surface area contributed by atoms with Gasteiger partial charge in [0.25, 0.3) is 0 Å². The summed E-state index contributed by atoms with van der Waals surface area (Å²) in [6.07, 6.45) is 0.0190. The first kappa shape index (κ1) is 14.9. The number of carbonyl (C=O) groups excluding carboxylic acids is 1. The molecule has 21 heavy (non-hydrogen) atoms. The van der Waals surface area contributed by atoms with Crippen LogP contribution in [-0.2, 0) is 4.79 Å². The molecule has 0 aliphatic rings. The molecule has 0 heterocycles. The van der Waals surface area contributed by atoms with Gasteiger partial charge in [0.2, 0.25) is 5.91 Å². The molecule has 0 saturated carbocycles. The maximum absolute atomic E-state index is 13.3. The molecular formula is C15H13F3N2O. The van der Waals surface area contributed by atoms with Crippen molar-refractivity contribution in [3.05, 3.63) is 59.9 Å². The van der Waals surface area contributed by atoms with Gasteiger partial charge in [-0.3, -0.25) is 4.79 Å². The summed E-state index contributed by atoms with van der Waals surface area (Å²) in [5.74, 6) is -2.33. The number of rotatable bonds is 5. The predicted molar refractivity (Wildman–Crippen MR) is 74.5 cm³/mol. The van der Waals surface area contributed by atoms with Gasteiger partial charge in [-0.2, -0.15) is 0 Å². The molecule has 0 aliphatic carbocycles. The SMILES string of the molecule is O=C(CCNc1ccc(F)cc1F)Nc1ccccc1F. The van der Waals surface area contributed by atoms with Crippen LogP contribution >= 0.6 is 0 Å². The Morgan fingerprint density at radius 3 is 2.43 bits per heavy atom. The minimum Gasteiger partial charge on any atom is -0.382 e. The molecule has 2 aromatic rings. The van der Waals surface area contributed by atoms with Gasteiger partial charge in [-0.25, -0.2) is 13.2 Å². The fourth-order valence-electron chi connectivity index (χ4n) is 1.72. The number of hydrogen-bond acceptors (Lipinski definition) is 2. The average Bonchev–Trinajstić information content (AvgIpc) is 2.44. The lowest BCUT2D eigenvalue weighted by Crippen LogP contribution is -2.17. The lowest BCUT2D eigenvalue weighted by Gasteiger charge is -2.08. The Balaban J connectivity index is 1.83. The minimum atomic E-state index is -0.732. The summed E-state index contributed by atoms with van der Waals surface area (Å²) in [6, 6.07) is 8.92. The van der Waals surface area contributed by atoms with Crippen molar-refractivity contribution in [2.75, 3.05) is 17.2 Å². The van der Waals surface area contributed by atoms with E-state index < -0.39 is 23.4 Å². The molecule has 6 heteroatoms. The van der Waals surface area contributed by atoms with Crippen LogP contribution in [0.15, 0.2) is 42.5 Å². The van der Waals surface area contributed by atoms with Gasteiger partial charge in [0.15, 0.2) is 0 Å². The van der Waals surface area contributed by atoms with Crippen molar-refractivity contribution in [2.45, 2.75) is 6.42 Å². The zero-order valence-corrected chi connectivity index (χ0v) is 11.0. The van der Waals surface area contributed by atoms with Gasteiger partial charge in [-0.05, 0) is 24.3 Å². The largest absolute Gasteiger partial charge is 0.382 e. The number of hydrogen-bond donors (Lipinski definition) is 2.